The normalized spacial score (nSPS) is 15.7. The first-order valence-corrected chi connectivity index (χ1v) is 4.30. The summed E-state index contributed by atoms with van der Waals surface area (Å²) >= 11 is 1.66. The van der Waals surface area contributed by atoms with E-state index in [2.05, 4.69) is 4.98 Å². The van der Waals surface area contributed by atoms with E-state index in [4.69, 9.17) is 5.11 Å². The second-order valence-electron chi connectivity index (χ2n) is 2.49. The van der Waals surface area contributed by atoms with E-state index >= 15 is 0 Å². The number of aliphatic hydroxyl groups excluding tert-OH is 1. The summed E-state index contributed by atoms with van der Waals surface area (Å²) in [4.78, 5) is 5.67. The molecule has 0 fully saturated rings. The average molecular weight is 155 g/mol. The Labute approximate surface area is 63.5 Å². The molecule has 0 spiro atoms. The highest BCUT2D eigenvalue weighted by Crippen LogP contribution is 2.27. The number of aryl methyl sites for hydroxylation is 2. The highest BCUT2D eigenvalue weighted by Gasteiger charge is 2.15. The fraction of sp³-hybridized carbons (Fsp3) is 0.571. The number of aliphatic hydroxyl groups is 1. The van der Waals surface area contributed by atoms with Crippen molar-refractivity contribution in [2.75, 3.05) is 0 Å². The van der Waals surface area contributed by atoms with Gasteiger partial charge in [-0.15, -0.1) is 11.3 Å². The van der Waals surface area contributed by atoms with Crippen LogP contribution in [0.15, 0.2) is 0 Å². The molecule has 54 valence electrons. The van der Waals surface area contributed by atoms with Gasteiger partial charge in [0, 0.05) is 4.88 Å². The van der Waals surface area contributed by atoms with Crippen molar-refractivity contribution in [1.82, 2.24) is 4.98 Å². The zero-order chi connectivity index (χ0) is 6.97. The van der Waals surface area contributed by atoms with Crippen molar-refractivity contribution in [1.29, 1.82) is 0 Å². The van der Waals surface area contributed by atoms with Gasteiger partial charge in [0.15, 0.2) is 0 Å². The minimum atomic E-state index is 0.109. The smallest absolute Gasteiger partial charge is 0.119 e. The maximum atomic E-state index is 8.74. The summed E-state index contributed by atoms with van der Waals surface area (Å²) in [5, 5.41) is 9.62. The molecule has 10 heavy (non-hydrogen) atoms. The van der Waals surface area contributed by atoms with Gasteiger partial charge >= 0.3 is 0 Å². The van der Waals surface area contributed by atoms with Crippen molar-refractivity contribution >= 4 is 11.3 Å². The Kier molecular flexibility index (Phi) is 1.47. The van der Waals surface area contributed by atoms with Crippen molar-refractivity contribution in [3.8, 4) is 0 Å². The molecule has 0 bridgehead atoms. The van der Waals surface area contributed by atoms with Crippen molar-refractivity contribution in [3.63, 3.8) is 0 Å². The van der Waals surface area contributed by atoms with E-state index in [0.29, 0.717) is 0 Å². The van der Waals surface area contributed by atoms with Crippen molar-refractivity contribution in [2.45, 2.75) is 25.9 Å². The molecular weight excluding hydrogens is 146 g/mol. The standard InChI is InChI=1S/C7H9NOS/c9-4-7-8-5-2-1-3-6(5)10-7/h9H,1-4H2. The third-order valence-electron chi connectivity index (χ3n) is 1.78. The Balaban J connectivity index is 2.37. The van der Waals surface area contributed by atoms with Gasteiger partial charge in [-0.3, -0.25) is 0 Å². The molecule has 1 aromatic rings. The molecule has 0 atom stereocenters. The first-order valence-electron chi connectivity index (χ1n) is 3.48. The van der Waals surface area contributed by atoms with Gasteiger partial charge in [0.1, 0.15) is 5.01 Å². The molecule has 0 saturated heterocycles. The van der Waals surface area contributed by atoms with E-state index in [-0.39, 0.29) is 6.61 Å². The SMILES string of the molecule is OCc1nc2c(s1)CCC2. The van der Waals surface area contributed by atoms with E-state index < -0.39 is 0 Å². The number of hydrogen-bond donors (Lipinski definition) is 1. The maximum Gasteiger partial charge on any atom is 0.119 e. The maximum absolute atomic E-state index is 8.74. The predicted octanol–water partition coefficient (Wildman–Crippen LogP) is 1.12. The fourth-order valence-corrected chi connectivity index (χ4v) is 2.33. The van der Waals surface area contributed by atoms with Crippen LogP contribution in [0.2, 0.25) is 0 Å². The highest BCUT2D eigenvalue weighted by atomic mass is 32.1. The minimum absolute atomic E-state index is 0.109. The van der Waals surface area contributed by atoms with Crippen LogP contribution in [0.25, 0.3) is 0 Å². The summed E-state index contributed by atoms with van der Waals surface area (Å²) in [6.45, 7) is 0.109. The topological polar surface area (TPSA) is 33.1 Å². The molecule has 1 aliphatic rings. The number of aromatic nitrogens is 1. The number of hydrogen-bond acceptors (Lipinski definition) is 3. The van der Waals surface area contributed by atoms with Crippen LogP contribution in [0.5, 0.6) is 0 Å². The third kappa shape index (κ3) is 0.859. The summed E-state index contributed by atoms with van der Waals surface area (Å²) in [5.41, 5.74) is 1.23. The van der Waals surface area contributed by atoms with Crippen LogP contribution >= 0.6 is 11.3 Å². The first-order chi connectivity index (χ1) is 4.90. The molecule has 1 aliphatic carbocycles. The third-order valence-corrected chi connectivity index (χ3v) is 2.92. The molecule has 1 aromatic heterocycles. The van der Waals surface area contributed by atoms with E-state index in [0.717, 1.165) is 11.4 Å². The summed E-state index contributed by atoms with van der Waals surface area (Å²) in [7, 11) is 0. The van der Waals surface area contributed by atoms with E-state index in [1.807, 2.05) is 0 Å². The summed E-state index contributed by atoms with van der Waals surface area (Å²) < 4.78 is 0. The fourth-order valence-electron chi connectivity index (χ4n) is 1.31. The van der Waals surface area contributed by atoms with Crippen molar-refractivity contribution in [2.24, 2.45) is 0 Å². The van der Waals surface area contributed by atoms with Gasteiger partial charge in [-0.2, -0.15) is 0 Å². The molecule has 0 saturated carbocycles. The number of nitrogens with zero attached hydrogens (tertiary/aromatic N) is 1. The van der Waals surface area contributed by atoms with Crippen molar-refractivity contribution in [3.05, 3.63) is 15.6 Å². The second-order valence-corrected chi connectivity index (χ2v) is 3.66. The Hall–Kier alpha value is -0.410. The highest BCUT2D eigenvalue weighted by molar-refractivity contribution is 7.11. The van der Waals surface area contributed by atoms with E-state index in [1.165, 1.54) is 23.4 Å². The molecule has 3 heteroatoms. The zero-order valence-electron chi connectivity index (χ0n) is 5.63. The Morgan fingerprint density at radius 2 is 2.40 bits per heavy atom. The molecule has 1 heterocycles. The molecule has 0 amide bonds. The largest absolute Gasteiger partial charge is 0.389 e. The Morgan fingerprint density at radius 1 is 1.50 bits per heavy atom. The lowest BCUT2D eigenvalue weighted by molar-refractivity contribution is 0.281. The van der Waals surface area contributed by atoms with E-state index in [1.54, 1.807) is 11.3 Å². The van der Waals surface area contributed by atoms with Crippen LogP contribution in [0.3, 0.4) is 0 Å². The Morgan fingerprint density at radius 3 is 3.10 bits per heavy atom. The van der Waals surface area contributed by atoms with Crippen LogP contribution in [0.1, 0.15) is 22.0 Å². The van der Waals surface area contributed by atoms with Gasteiger partial charge in [-0.05, 0) is 19.3 Å². The van der Waals surface area contributed by atoms with Gasteiger partial charge in [0.2, 0.25) is 0 Å². The molecule has 0 radical (unpaired) electrons. The predicted molar refractivity (Wildman–Crippen MR) is 40.1 cm³/mol. The molecule has 2 rings (SSSR count). The molecule has 0 unspecified atom stereocenters. The summed E-state index contributed by atoms with van der Waals surface area (Å²) in [6.07, 6.45) is 3.54. The molecule has 1 N–H and O–H groups in total. The lowest BCUT2D eigenvalue weighted by atomic mass is 10.4. The first kappa shape index (κ1) is 6.31. The van der Waals surface area contributed by atoms with Crippen molar-refractivity contribution < 1.29 is 5.11 Å². The lowest BCUT2D eigenvalue weighted by Crippen LogP contribution is -1.82. The zero-order valence-corrected chi connectivity index (χ0v) is 6.45. The van der Waals surface area contributed by atoms with Crippen LogP contribution in [0, 0.1) is 0 Å². The van der Waals surface area contributed by atoms with Crippen LogP contribution < -0.4 is 0 Å². The monoisotopic (exact) mass is 155 g/mol. The second kappa shape index (κ2) is 2.32. The summed E-state index contributed by atoms with van der Waals surface area (Å²) in [6, 6.07) is 0. The van der Waals surface area contributed by atoms with Gasteiger partial charge < -0.3 is 5.11 Å². The number of rotatable bonds is 1. The van der Waals surface area contributed by atoms with Gasteiger partial charge in [-0.25, -0.2) is 4.98 Å². The van der Waals surface area contributed by atoms with Gasteiger partial charge in [0.05, 0.1) is 12.3 Å². The van der Waals surface area contributed by atoms with Gasteiger partial charge in [-0.1, -0.05) is 0 Å². The average Bonchev–Trinajstić information content (AvgIpc) is 2.42. The molecule has 0 aromatic carbocycles. The van der Waals surface area contributed by atoms with E-state index in [9.17, 15) is 0 Å². The molecular formula is C7H9NOS. The van der Waals surface area contributed by atoms with Gasteiger partial charge in [0.25, 0.3) is 0 Å². The molecule has 2 nitrogen and oxygen atoms in total. The lowest BCUT2D eigenvalue weighted by Gasteiger charge is -1.84. The minimum Gasteiger partial charge on any atom is -0.389 e. The summed E-state index contributed by atoms with van der Waals surface area (Å²) in [5.74, 6) is 0. The number of fused-ring (bicyclic) bond motifs is 1. The number of thiazole rings is 1. The quantitative estimate of drug-likeness (QED) is 0.659. The van der Waals surface area contributed by atoms with Crippen LogP contribution in [0.4, 0.5) is 0 Å². The Bertz CT molecular complexity index is 222. The molecule has 0 aliphatic heterocycles. The van der Waals surface area contributed by atoms with Crippen LogP contribution in [-0.2, 0) is 19.4 Å². The van der Waals surface area contributed by atoms with Crippen LogP contribution in [-0.4, -0.2) is 10.1 Å².